The lowest BCUT2D eigenvalue weighted by Gasteiger charge is -2.26. The van der Waals surface area contributed by atoms with Crippen molar-refractivity contribution in [1.82, 2.24) is 0 Å². The fourth-order valence-corrected chi connectivity index (χ4v) is 2.37. The van der Waals surface area contributed by atoms with E-state index in [9.17, 15) is 0 Å². The zero-order chi connectivity index (χ0) is 9.42. The van der Waals surface area contributed by atoms with Gasteiger partial charge in [0.05, 0.1) is 13.6 Å². The minimum absolute atomic E-state index is 0.701. The van der Waals surface area contributed by atoms with Crippen molar-refractivity contribution in [3.8, 4) is 0 Å². The van der Waals surface area contributed by atoms with Crippen molar-refractivity contribution in [2.75, 3.05) is 0 Å². The predicted octanol–water partition coefficient (Wildman–Crippen LogP) is 4.87. The standard InChI is InChI=1S/C10H9Cl2I/c11-8-4-7(6-2-1-3-6)5-9(12)10(8)13/h4-6H,1-3H2. The van der Waals surface area contributed by atoms with Gasteiger partial charge in [0.1, 0.15) is 0 Å². The summed E-state index contributed by atoms with van der Waals surface area (Å²) in [6.45, 7) is 0. The summed E-state index contributed by atoms with van der Waals surface area (Å²) in [6, 6.07) is 4.11. The van der Waals surface area contributed by atoms with E-state index in [2.05, 4.69) is 34.7 Å². The first-order valence-electron chi connectivity index (χ1n) is 4.33. The molecule has 3 heteroatoms. The Morgan fingerprint density at radius 2 is 1.69 bits per heavy atom. The third-order valence-corrected chi connectivity index (χ3v) is 4.98. The number of benzene rings is 1. The van der Waals surface area contributed by atoms with Crippen LogP contribution in [0.15, 0.2) is 12.1 Å². The van der Waals surface area contributed by atoms with Crippen molar-refractivity contribution in [3.63, 3.8) is 0 Å². The molecule has 0 aromatic heterocycles. The Bertz CT molecular complexity index is 309. The van der Waals surface area contributed by atoms with Crippen LogP contribution in [0.2, 0.25) is 10.0 Å². The van der Waals surface area contributed by atoms with Crippen molar-refractivity contribution >= 4 is 45.8 Å². The van der Waals surface area contributed by atoms with Crippen molar-refractivity contribution in [2.45, 2.75) is 25.2 Å². The van der Waals surface area contributed by atoms with E-state index in [1.54, 1.807) is 0 Å². The Kier molecular flexibility index (Phi) is 3.06. The fraction of sp³-hybridized carbons (Fsp3) is 0.400. The molecule has 0 heterocycles. The average Bonchev–Trinajstić information content (AvgIpc) is 1.96. The van der Waals surface area contributed by atoms with Crippen molar-refractivity contribution in [1.29, 1.82) is 0 Å². The van der Waals surface area contributed by atoms with Gasteiger partial charge in [0.15, 0.2) is 0 Å². The molecule has 1 aromatic rings. The van der Waals surface area contributed by atoms with Gasteiger partial charge in [-0.3, -0.25) is 0 Å². The lowest BCUT2D eigenvalue weighted by atomic mass is 9.80. The van der Waals surface area contributed by atoms with Crippen LogP contribution < -0.4 is 0 Å². The van der Waals surface area contributed by atoms with Crippen molar-refractivity contribution < 1.29 is 0 Å². The van der Waals surface area contributed by atoms with Crippen LogP contribution in [0.25, 0.3) is 0 Å². The molecule has 0 saturated heterocycles. The van der Waals surface area contributed by atoms with Crippen LogP contribution in [0, 0.1) is 3.57 Å². The Morgan fingerprint density at radius 1 is 1.15 bits per heavy atom. The maximum Gasteiger partial charge on any atom is 0.0557 e. The second-order valence-electron chi connectivity index (χ2n) is 3.43. The topological polar surface area (TPSA) is 0 Å². The summed E-state index contributed by atoms with van der Waals surface area (Å²) in [5, 5.41) is 1.57. The quantitative estimate of drug-likeness (QED) is 0.510. The normalized spacial score (nSPS) is 17.2. The van der Waals surface area contributed by atoms with Gasteiger partial charge in [0, 0.05) is 0 Å². The van der Waals surface area contributed by atoms with Gasteiger partial charge in [-0.1, -0.05) is 29.6 Å². The molecule has 0 N–H and O–H groups in total. The molecule has 0 aliphatic heterocycles. The number of hydrogen-bond donors (Lipinski definition) is 0. The van der Waals surface area contributed by atoms with Crippen LogP contribution in [0.1, 0.15) is 30.7 Å². The minimum atomic E-state index is 0.701. The summed E-state index contributed by atoms with van der Waals surface area (Å²) in [5.41, 5.74) is 1.31. The molecule has 70 valence electrons. The second kappa shape index (κ2) is 3.95. The molecule has 0 unspecified atom stereocenters. The highest BCUT2D eigenvalue weighted by Crippen LogP contribution is 2.39. The summed E-state index contributed by atoms with van der Waals surface area (Å²) in [5.74, 6) is 0.701. The van der Waals surface area contributed by atoms with E-state index in [-0.39, 0.29) is 0 Å². The van der Waals surface area contributed by atoms with E-state index in [0.717, 1.165) is 13.6 Å². The first-order valence-corrected chi connectivity index (χ1v) is 6.16. The molecule has 0 atom stereocenters. The summed E-state index contributed by atoms with van der Waals surface area (Å²) in [7, 11) is 0. The third-order valence-electron chi connectivity index (χ3n) is 2.58. The van der Waals surface area contributed by atoms with Gasteiger partial charge >= 0.3 is 0 Å². The van der Waals surface area contributed by atoms with E-state index >= 15 is 0 Å². The molecule has 0 spiro atoms. The second-order valence-corrected chi connectivity index (χ2v) is 5.32. The summed E-state index contributed by atoms with van der Waals surface area (Å²) >= 11 is 14.3. The molecule has 1 aliphatic carbocycles. The minimum Gasteiger partial charge on any atom is -0.0831 e. The molecular weight excluding hydrogens is 318 g/mol. The van der Waals surface area contributed by atoms with Crippen LogP contribution >= 0.6 is 45.8 Å². The summed E-state index contributed by atoms with van der Waals surface area (Å²) < 4.78 is 0.962. The van der Waals surface area contributed by atoms with E-state index in [1.807, 2.05) is 0 Å². The van der Waals surface area contributed by atoms with Crippen LogP contribution in [0.3, 0.4) is 0 Å². The van der Waals surface area contributed by atoms with Gasteiger partial charge in [0.2, 0.25) is 0 Å². The molecule has 1 aromatic carbocycles. The number of hydrogen-bond acceptors (Lipinski definition) is 0. The first-order chi connectivity index (χ1) is 6.18. The number of rotatable bonds is 1. The molecule has 0 radical (unpaired) electrons. The summed E-state index contributed by atoms with van der Waals surface area (Å²) in [6.07, 6.45) is 3.91. The highest BCUT2D eigenvalue weighted by Gasteiger charge is 2.20. The maximum absolute atomic E-state index is 6.05. The predicted molar refractivity (Wildman–Crippen MR) is 65.8 cm³/mol. The highest BCUT2D eigenvalue weighted by atomic mass is 127. The lowest BCUT2D eigenvalue weighted by molar-refractivity contribution is 0.420. The van der Waals surface area contributed by atoms with Gasteiger partial charge < -0.3 is 0 Å². The Labute approximate surface area is 102 Å². The molecular formula is C10H9Cl2I. The van der Waals surface area contributed by atoms with Crippen molar-refractivity contribution in [2.24, 2.45) is 0 Å². The Hall–Kier alpha value is 0.530. The molecule has 2 rings (SSSR count). The first kappa shape index (κ1) is 10.1. The Balaban J connectivity index is 2.37. The highest BCUT2D eigenvalue weighted by molar-refractivity contribution is 14.1. The largest absolute Gasteiger partial charge is 0.0831 e. The molecule has 0 amide bonds. The van der Waals surface area contributed by atoms with E-state index < -0.39 is 0 Å². The number of halogens is 3. The molecule has 0 bridgehead atoms. The van der Waals surface area contributed by atoms with E-state index in [0.29, 0.717) is 5.92 Å². The van der Waals surface area contributed by atoms with Gasteiger partial charge in [-0.2, -0.15) is 0 Å². The zero-order valence-corrected chi connectivity index (χ0v) is 10.7. The molecule has 1 aliphatic rings. The SMILES string of the molecule is Clc1cc(C2CCC2)cc(Cl)c1I. The lowest BCUT2D eigenvalue weighted by Crippen LogP contribution is -2.08. The zero-order valence-electron chi connectivity index (χ0n) is 6.99. The third kappa shape index (κ3) is 1.97. The van der Waals surface area contributed by atoms with Gasteiger partial charge in [-0.25, -0.2) is 0 Å². The average molecular weight is 327 g/mol. The summed E-state index contributed by atoms with van der Waals surface area (Å²) in [4.78, 5) is 0. The van der Waals surface area contributed by atoms with Crippen LogP contribution in [0.5, 0.6) is 0 Å². The smallest absolute Gasteiger partial charge is 0.0557 e. The van der Waals surface area contributed by atoms with E-state index in [1.165, 1.54) is 24.8 Å². The van der Waals surface area contributed by atoms with Crippen LogP contribution in [0.4, 0.5) is 0 Å². The van der Waals surface area contributed by atoms with Gasteiger partial charge in [-0.05, 0) is 59.0 Å². The molecule has 1 fully saturated rings. The maximum atomic E-state index is 6.05. The monoisotopic (exact) mass is 326 g/mol. The van der Waals surface area contributed by atoms with Gasteiger partial charge in [-0.15, -0.1) is 0 Å². The fourth-order valence-electron chi connectivity index (χ4n) is 1.55. The molecule has 13 heavy (non-hydrogen) atoms. The van der Waals surface area contributed by atoms with E-state index in [4.69, 9.17) is 23.2 Å². The molecule has 0 nitrogen and oxygen atoms in total. The van der Waals surface area contributed by atoms with Crippen LogP contribution in [-0.4, -0.2) is 0 Å². The van der Waals surface area contributed by atoms with Crippen molar-refractivity contribution in [3.05, 3.63) is 31.3 Å². The van der Waals surface area contributed by atoms with Crippen LogP contribution in [-0.2, 0) is 0 Å². The van der Waals surface area contributed by atoms with Gasteiger partial charge in [0.25, 0.3) is 0 Å². The molecule has 1 saturated carbocycles. The Morgan fingerprint density at radius 3 is 2.08 bits per heavy atom.